The Kier molecular flexibility index (Phi) is 5.32. The number of ether oxygens (including phenoxy) is 2. The Morgan fingerprint density at radius 2 is 1.93 bits per heavy atom. The zero-order valence-corrected chi connectivity index (χ0v) is 17.7. The smallest absolute Gasteiger partial charge is 0.265 e. The fourth-order valence-corrected chi connectivity index (χ4v) is 6.60. The molecule has 0 spiro atoms. The molecule has 2 heterocycles. The summed E-state index contributed by atoms with van der Waals surface area (Å²) in [4.78, 5) is 0.0367. The van der Waals surface area contributed by atoms with Gasteiger partial charge < -0.3 is 9.47 Å². The summed E-state index contributed by atoms with van der Waals surface area (Å²) in [5, 5.41) is 4.32. The second kappa shape index (κ2) is 7.28. The fraction of sp³-hybridized carbons (Fsp3) is 0.471. The summed E-state index contributed by atoms with van der Waals surface area (Å²) in [7, 11) is -4.15. The maximum Gasteiger partial charge on any atom is 0.265 e. The van der Waals surface area contributed by atoms with Crippen LogP contribution in [-0.4, -0.2) is 52.3 Å². The van der Waals surface area contributed by atoms with Gasteiger partial charge in [0.05, 0.1) is 48.8 Å². The molecule has 154 valence electrons. The monoisotopic (exact) mass is 429 g/mol. The zero-order chi connectivity index (χ0) is 20.7. The van der Waals surface area contributed by atoms with Gasteiger partial charge in [0.1, 0.15) is 16.4 Å². The largest absolute Gasteiger partial charge is 0.497 e. The van der Waals surface area contributed by atoms with Crippen molar-refractivity contribution in [1.29, 1.82) is 0 Å². The standard InChI is InChI=1S/C17H23N3O6S2/c1-11-17(12(2)20(18-11)13-7-8-27(21,22)10-13)28(23,24)19-15-6-5-14(25-3)9-16(15)26-4/h5-6,9,13,19H,7-8,10H2,1-4H3/t13-/m0/s1. The zero-order valence-electron chi connectivity index (χ0n) is 16.1. The lowest BCUT2D eigenvalue weighted by molar-refractivity contribution is 0.395. The van der Waals surface area contributed by atoms with E-state index in [2.05, 4.69) is 9.82 Å². The van der Waals surface area contributed by atoms with E-state index in [-0.39, 0.29) is 28.1 Å². The lowest BCUT2D eigenvalue weighted by Gasteiger charge is -2.14. The summed E-state index contributed by atoms with van der Waals surface area (Å²) in [6.07, 6.45) is 0.420. The van der Waals surface area contributed by atoms with Gasteiger partial charge in [0.25, 0.3) is 10.0 Å². The van der Waals surface area contributed by atoms with E-state index in [0.717, 1.165) is 0 Å². The lowest BCUT2D eigenvalue weighted by atomic mass is 10.2. The minimum Gasteiger partial charge on any atom is -0.497 e. The number of aromatic nitrogens is 2. The van der Waals surface area contributed by atoms with Gasteiger partial charge in [-0.15, -0.1) is 0 Å². The molecule has 0 aliphatic carbocycles. The number of sulfone groups is 1. The average Bonchev–Trinajstić information content (AvgIpc) is 3.13. The molecule has 1 aromatic heterocycles. The van der Waals surface area contributed by atoms with Gasteiger partial charge in [-0.2, -0.15) is 5.10 Å². The molecule has 1 atom stereocenters. The molecular weight excluding hydrogens is 406 g/mol. The first kappa shape index (κ1) is 20.5. The maximum absolute atomic E-state index is 13.1. The van der Waals surface area contributed by atoms with E-state index in [1.54, 1.807) is 32.0 Å². The number of anilines is 1. The van der Waals surface area contributed by atoms with E-state index in [1.807, 2.05) is 0 Å². The van der Waals surface area contributed by atoms with Crippen LogP contribution in [0.4, 0.5) is 5.69 Å². The minimum atomic E-state index is -3.97. The van der Waals surface area contributed by atoms with Gasteiger partial charge in [0.2, 0.25) is 0 Å². The van der Waals surface area contributed by atoms with Crippen LogP contribution in [0.3, 0.4) is 0 Å². The van der Waals surface area contributed by atoms with E-state index >= 15 is 0 Å². The molecule has 9 nitrogen and oxygen atoms in total. The summed E-state index contributed by atoms with van der Waals surface area (Å²) >= 11 is 0. The Bertz CT molecular complexity index is 1110. The molecule has 1 fully saturated rings. The van der Waals surface area contributed by atoms with Crippen LogP contribution in [0, 0.1) is 13.8 Å². The number of rotatable bonds is 6. The number of aryl methyl sites for hydroxylation is 1. The number of hydrogen-bond acceptors (Lipinski definition) is 7. The van der Waals surface area contributed by atoms with Crippen molar-refractivity contribution in [3.63, 3.8) is 0 Å². The molecule has 1 aromatic carbocycles. The summed E-state index contributed by atoms with van der Waals surface area (Å²) in [6, 6.07) is 4.38. The van der Waals surface area contributed by atoms with Crippen LogP contribution in [0.2, 0.25) is 0 Å². The lowest BCUT2D eigenvalue weighted by Crippen LogP contribution is -2.17. The van der Waals surface area contributed by atoms with Crippen molar-refractivity contribution < 1.29 is 26.3 Å². The highest BCUT2D eigenvalue weighted by molar-refractivity contribution is 7.93. The van der Waals surface area contributed by atoms with Gasteiger partial charge in [-0.25, -0.2) is 16.8 Å². The molecule has 1 saturated heterocycles. The molecule has 1 N–H and O–H groups in total. The highest BCUT2D eigenvalue weighted by Crippen LogP contribution is 2.33. The second-order valence-electron chi connectivity index (χ2n) is 6.67. The molecular formula is C17H23N3O6S2. The summed E-state index contributed by atoms with van der Waals surface area (Å²) in [5.41, 5.74) is 0.972. The first-order valence-electron chi connectivity index (χ1n) is 8.59. The first-order valence-corrected chi connectivity index (χ1v) is 11.9. The molecule has 1 aliphatic heterocycles. The van der Waals surface area contributed by atoms with Gasteiger partial charge in [-0.1, -0.05) is 0 Å². The van der Waals surface area contributed by atoms with Crippen molar-refractivity contribution in [2.45, 2.75) is 31.2 Å². The quantitative estimate of drug-likeness (QED) is 0.742. The number of methoxy groups -OCH3 is 2. The van der Waals surface area contributed by atoms with Gasteiger partial charge in [-0.05, 0) is 32.4 Å². The highest BCUT2D eigenvalue weighted by Gasteiger charge is 2.34. The van der Waals surface area contributed by atoms with Crippen molar-refractivity contribution in [2.24, 2.45) is 0 Å². The minimum absolute atomic E-state index is 0.0336. The molecule has 28 heavy (non-hydrogen) atoms. The number of sulfonamides is 1. The maximum atomic E-state index is 13.1. The Morgan fingerprint density at radius 3 is 2.50 bits per heavy atom. The van der Waals surface area contributed by atoms with Gasteiger partial charge >= 0.3 is 0 Å². The normalized spacial score (nSPS) is 18.8. The molecule has 3 rings (SSSR count). The van der Waals surface area contributed by atoms with Crippen molar-refractivity contribution in [1.82, 2.24) is 9.78 Å². The number of benzene rings is 1. The van der Waals surface area contributed by atoms with Crippen LogP contribution in [0.15, 0.2) is 23.1 Å². The summed E-state index contributed by atoms with van der Waals surface area (Å²) in [6.45, 7) is 3.22. The van der Waals surface area contributed by atoms with E-state index < -0.39 is 19.9 Å². The fourth-order valence-electron chi connectivity index (χ4n) is 3.44. The van der Waals surface area contributed by atoms with Crippen molar-refractivity contribution in [2.75, 3.05) is 30.4 Å². The molecule has 0 saturated carbocycles. The van der Waals surface area contributed by atoms with Crippen LogP contribution < -0.4 is 14.2 Å². The van der Waals surface area contributed by atoms with Crippen LogP contribution in [-0.2, 0) is 19.9 Å². The van der Waals surface area contributed by atoms with Gasteiger partial charge in [-0.3, -0.25) is 9.40 Å². The van der Waals surface area contributed by atoms with Gasteiger partial charge in [0.15, 0.2) is 9.84 Å². The Hall–Kier alpha value is -2.27. The predicted octanol–water partition coefficient (Wildman–Crippen LogP) is 1.68. The molecule has 0 amide bonds. The molecule has 11 heteroatoms. The summed E-state index contributed by atoms with van der Waals surface area (Å²) < 4.78 is 64.1. The van der Waals surface area contributed by atoms with Crippen LogP contribution in [0.25, 0.3) is 0 Å². The summed E-state index contributed by atoms with van der Waals surface area (Å²) in [5.74, 6) is 0.892. The van der Waals surface area contributed by atoms with E-state index in [4.69, 9.17) is 9.47 Å². The predicted molar refractivity (Wildman–Crippen MR) is 104 cm³/mol. The Labute approximate surface area is 164 Å². The Morgan fingerprint density at radius 1 is 1.21 bits per heavy atom. The number of hydrogen-bond donors (Lipinski definition) is 1. The number of nitrogens with zero attached hydrogens (tertiary/aromatic N) is 2. The van der Waals surface area contributed by atoms with Crippen LogP contribution in [0.5, 0.6) is 11.5 Å². The van der Waals surface area contributed by atoms with Crippen LogP contribution >= 0.6 is 0 Å². The van der Waals surface area contributed by atoms with Gasteiger partial charge in [0, 0.05) is 6.07 Å². The van der Waals surface area contributed by atoms with Crippen molar-refractivity contribution >= 4 is 25.5 Å². The highest BCUT2D eigenvalue weighted by atomic mass is 32.2. The first-order chi connectivity index (χ1) is 13.1. The topological polar surface area (TPSA) is 117 Å². The molecule has 2 aromatic rings. The molecule has 0 unspecified atom stereocenters. The Balaban J connectivity index is 1.97. The van der Waals surface area contributed by atoms with Crippen molar-refractivity contribution in [3.8, 4) is 11.5 Å². The average molecular weight is 430 g/mol. The SMILES string of the molecule is COc1ccc(NS(=O)(=O)c2c(C)nn([C@H]3CCS(=O)(=O)C3)c2C)c(OC)c1. The van der Waals surface area contributed by atoms with E-state index in [1.165, 1.54) is 18.9 Å². The number of nitrogens with one attached hydrogen (secondary N) is 1. The van der Waals surface area contributed by atoms with Crippen LogP contribution in [0.1, 0.15) is 23.9 Å². The third-order valence-electron chi connectivity index (χ3n) is 4.73. The third kappa shape index (κ3) is 3.81. The molecule has 0 radical (unpaired) electrons. The van der Waals surface area contributed by atoms with E-state index in [9.17, 15) is 16.8 Å². The second-order valence-corrected chi connectivity index (χ2v) is 10.5. The van der Waals surface area contributed by atoms with Crippen molar-refractivity contribution in [3.05, 3.63) is 29.6 Å². The molecule has 1 aliphatic rings. The van der Waals surface area contributed by atoms with E-state index in [0.29, 0.717) is 29.3 Å². The third-order valence-corrected chi connectivity index (χ3v) is 8.10. The molecule has 0 bridgehead atoms.